The maximum absolute atomic E-state index is 3.51. The monoisotopic (exact) mass is 233 g/mol. The third-order valence-corrected chi connectivity index (χ3v) is 3.35. The Morgan fingerprint density at radius 2 is 1.71 bits per heavy atom. The quantitative estimate of drug-likeness (QED) is 0.730. The third kappa shape index (κ3) is 4.16. The Morgan fingerprint density at radius 1 is 1.12 bits per heavy atom. The lowest BCUT2D eigenvalue weighted by molar-refractivity contribution is 0.469. The van der Waals surface area contributed by atoms with Crippen LogP contribution < -0.4 is 5.32 Å². The fourth-order valence-electron chi connectivity index (χ4n) is 2.00. The van der Waals surface area contributed by atoms with Crippen molar-refractivity contribution < 1.29 is 0 Å². The summed E-state index contributed by atoms with van der Waals surface area (Å²) in [7, 11) is 0. The third-order valence-electron chi connectivity index (χ3n) is 3.35. The molecular weight excluding hydrogens is 206 g/mol. The molecule has 0 aromatic heterocycles. The second-order valence-electron chi connectivity index (χ2n) is 5.84. The molecule has 0 heterocycles. The molecule has 17 heavy (non-hydrogen) atoms. The van der Waals surface area contributed by atoms with Crippen LogP contribution in [0.1, 0.15) is 58.1 Å². The van der Waals surface area contributed by atoms with Gasteiger partial charge in [-0.25, -0.2) is 0 Å². The van der Waals surface area contributed by atoms with Gasteiger partial charge in [-0.05, 0) is 30.0 Å². The number of rotatable bonds is 6. The zero-order valence-corrected chi connectivity index (χ0v) is 12.0. The summed E-state index contributed by atoms with van der Waals surface area (Å²) in [5.41, 5.74) is 3.06. The molecule has 0 bridgehead atoms. The molecule has 96 valence electrons. The Labute approximate surface area is 107 Å². The predicted octanol–water partition coefficient (Wildman–Crippen LogP) is 4.09. The van der Waals surface area contributed by atoms with E-state index in [-0.39, 0.29) is 5.41 Å². The van der Waals surface area contributed by atoms with Crippen LogP contribution in [0.25, 0.3) is 0 Å². The Kier molecular flexibility index (Phi) is 5.20. The lowest BCUT2D eigenvalue weighted by atomic mass is 9.83. The van der Waals surface area contributed by atoms with E-state index in [9.17, 15) is 0 Å². The molecule has 0 aliphatic rings. The molecule has 1 rings (SSSR count). The first-order valence-corrected chi connectivity index (χ1v) is 6.78. The summed E-state index contributed by atoms with van der Waals surface area (Å²) in [6.07, 6.45) is 1.20. The van der Waals surface area contributed by atoms with Crippen molar-refractivity contribution in [2.75, 3.05) is 13.1 Å². The highest BCUT2D eigenvalue weighted by molar-refractivity contribution is 5.29. The minimum atomic E-state index is 0.213. The van der Waals surface area contributed by atoms with Gasteiger partial charge in [0, 0.05) is 12.0 Å². The van der Waals surface area contributed by atoms with Crippen LogP contribution in [-0.2, 0) is 5.41 Å². The van der Waals surface area contributed by atoms with Crippen LogP contribution in [-0.4, -0.2) is 13.1 Å². The molecule has 1 nitrogen and oxygen atoms in total. The molecule has 0 spiro atoms. The van der Waals surface area contributed by atoms with E-state index < -0.39 is 0 Å². The van der Waals surface area contributed by atoms with Crippen LogP contribution >= 0.6 is 0 Å². The van der Waals surface area contributed by atoms with E-state index in [1.54, 1.807) is 0 Å². The molecule has 0 aliphatic heterocycles. The smallest absolute Gasteiger partial charge is 0.00431 e. The molecule has 0 saturated heterocycles. The lowest BCUT2D eigenvalue weighted by Crippen LogP contribution is -2.33. The first-order valence-electron chi connectivity index (χ1n) is 6.78. The number of hydrogen-bond donors (Lipinski definition) is 1. The summed E-state index contributed by atoms with van der Waals surface area (Å²) in [6.45, 7) is 13.4. The first kappa shape index (κ1) is 14.2. The van der Waals surface area contributed by atoms with Gasteiger partial charge < -0.3 is 5.32 Å². The van der Waals surface area contributed by atoms with Gasteiger partial charge >= 0.3 is 0 Å². The number of hydrogen-bond acceptors (Lipinski definition) is 1. The highest BCUT2D eigenvalue weighted by Crippen LogP contribution is 2.24. The molecule has 0 aliphatic carbocycles. The molecule has 1 N–H and O–H groups in total. The van der Waals surface area contributed by atoms with Crippen molar-refractivity contribution in [1.29, 1.82) is 0 Å². The minimum Gasteiger partial charge on any atom is -0.316 e. The fourth-order valence-corrected chi connectivity index (χ4v) is 2.00. The molecule has 0 atom stereocenters. The molecule has 1 aromatic carbocycles. The summed E-state index contributed by atoms with van der Waals surface area (Å²) in [5, 5.41) is 3.51. The Hall–Kier alpha value is -0.820. The van der Waals surface area contributed by atoms with Gasteiger partial charge in [-0.2, -0.15) is 0 Å². The number of nitrogens with one attached hydrogen (secondary N) is 1. The average Bonchev–Trinajstić information content (AvgIpc) is 2.29. The van der Waals surface area contributed by atoms with Crippen molar-refractivity contribution in [3.05, 3.63) is 35.4 Å². The Balaban J connectivity index is 2.70. The van der Waals surface area contributed by atoms with Crippen LogP contribution in [0.15, 0.2) is 24.3 Å². The second-order valence-corrected chi connectivity index (χ2v) is 5.84. The van der Waals surface area contributed by atoms with E-state index in [2.05, 4.69) is 64.2 Å². The van der Waals surface area contributed by atoms with Gasteiger partial charge in [0.25, 0.3) is 0 Å². The van der Waals surface area contributed by atoms with Crippen LogP contribution in [0.5, 0.6) is 0 Å². The van der Waals surface area contributed by atoms with Gasteiger partial charge in [-0.3, -0.25) is 0 Å². The van der Waals surface area contributed by atoms with E-state index in [0.717, 1.165) is 13.1 Å². The van der Waals surface area contributed by atoms with Gasteiger partial charge in [0.1, 0.15) is 0 Å². The highest BCUT2D eigenvalue weighted by atomic mass is 14.9. The molecule has 0 radical (unpaired) electrons. The first-order chi connectivity index (χ1) is 7.97. The summed E-state index contributed by atoms with van der Waals surface area (Å²) in [5.74, 6) is 0.616. The maximum Gasteiger partial charge on any atom is 0.00431 e. The lowest BCUT2D eigenvalue weighted by Gasteiger charge is -2.26. The molecule has 0 unspecified atom stereocenters. The van der Waals surface area contributed by atoms with E-state index in [0.29, 0.717) is 5.92 Å². The van der Waals surface area contributed by atoms with Crippen LogP contribution in [0.4, 0.5) is 0 Å². The number of benzene rings is 1. The van der Waals surface area contributed by atoms with Crippen molar-refractivity contribution in [1.82, 2.24) is 5.32 Å². The zero-order chi connectivity index (χ0) is 12.9. The Bertz CT molecular complexity index is 322. The topological polar surface area (TPSA) is 12.0 Å². The zero-order valence-electron chi connectivity index (χ0n) is 12.0. The molecule has 0 saturated carbocycles. The maximum atomic E-state index is 3.51. The second kappa shape index (κ2) is 6.20. The van der Waals surface area contributed by atoms with E-state index >= 15 is 0 Å². The van der Waals surface area contributed by atoms with Crippen molar-refractivity contribution in [2.24, 2.45) is 0 Å². The molecule has 1 heteroatoms. The normalized spacial score (nSPS) is 12.1. The van der Waals surface area contributed by atoms with E-state index in [4.69, 9.17) is 0 Å². The standard InChI is InChI=1S/C16H27N/c1-6-11-17-12-16(4,5)15-9-7-14(8-10-15)13(2)3/h7-10,13,17H,6,11-12H2,1-5H3. The van der Waals surface area contributed by atoms with Gasteiger partial charge in [0.05, 0.1) is 0 Å². The van der Waals surface area contributed by atoms with Gasteiger partial charge in [-0.1, -0.05) is 58.9 Å². The van der Waals surface area contributed by atoms with Crippen molar-refractivity contribution in [3.8, 4) is 0 Å². The van der Waals surface area contributed by atoms with Gasteiger partial charge in [-0.15, -0.1) is 0 Å². The van der Waals surface area contributed by atoms with Crippen LogP contribution in [0, 0.1) is 0 Å². The largest absolute Gasteiger partial charge is 0.316 e. The van der Waals surface area contributed by atoms with Crippen LogP contribution in [0.2, 0.25) is 0 Å². The molecule has 0 fully saturated rings. The van der Waals surface area contributed by atoms with Gasteiger partial charge in [0.2, 0.25) is 0 Å². The summed E-state index contributed by atoms with van der Waals surface area (Å²) >= 11 is 0. The van der Waals surface area contributed by atoms with E-state index in [1.807, 2.05) is 0 Å². The van der Waals surface area contributed by atoms with Crippen LogP contribution in [0.3, 0.4) is 0 Å². The highest BCUT2D eigenvalue weighted by Gasteiger charge is 2.19. The minimum absolute atomic E-state index is 0.213. The van der Waals surface area contributed by atoms with E-state index in [1.165, 1.54) is 17.5 Å². The van der Waals surface area contributed by atoms with Crippen molar-refractivity contribution in [2.45, 2.75) is 52.4 Å². The molecule has 1 aromatic rings. The summed E-state index contributed by atoms with van der Waals surface area (Å²) in [6, 6.07) is 9.09. The molecular formula is C16H27N. The van der Waals surface area contributed by atoms with Gasteiger partial charge in [0.15, 0.2) is 0 Å². The fraction of sp³-hybridized carbons (Fsp3) is 0.625. The predicted molar refractivity (Wildman–Crippen MR) is 76.7 cm³/mol. The summed E-state index contributed by atoms with van der Waals surface area (Å²) < 4.78 is 0. The van der Waals surface area contributed by atoms with Crippen molar-refractivity contribution >= 4 is 0 Å². The SMILES string of the molecule is CCCNCC(C)(C)c1ccc(C(C)C)cc1. The summed E-state index contributed by atoms with van der Waals surface area (Å²) in [4.78, 5) is 0. The van der Waals surface area contributed by atoms with Crippen molar-refractivity contribution in [3.63, 3.8) is 0 Å². The Morgan fingerprint density at radius 3 is 2.18 bits per heavy atom. The average molecular weight is 233 g/mol. The molecule has 0 amide bonds.